The number of rotatable bonds is 3. The quantitative estimate of drug-likeness (QED) is 0.775. The Morgan fingerprint density at radius 3 is 3.21 bits per heavy atom. The molecular formula is C9H15N3OS. The molecule has 1 unspecified atom stereocenters. The molecule has 1 atom stereocenters. The van der Waals surface area contributed by atoms with Crippen LogP contribution in [0.3, 0.4) is 0 Å². The van der Waals surface area contributed by atoms with Crippen molar-refractivity contribution in [3.63, 3.8) is 0 Å². The van der Waals surface area contributed by atoms with Gasteiger partial charge < -0.3 is 10.8 Å². The number of anilines is 1. The summed E-state index contributed by atoms with van der Waals surface area (Å²) in [6.07, 6.45) is 2.26. The van der Waals surface area contributed by atoms with E-state index in [-0.39, 0.29) is 6.61 Å². The molecule has 3 N–H and O–H groups in total. The molecule has 1 aliphatic heterocycles. The number of nitrogens with two attached hydrogens (primary N) is 1. The van der Waals surface area contributed by atoms with E-state index in [2.05, 4.69) is 9.88 Å². The SMILES string of the molecule is Nc1nc(CN2CCCC2CO)cs1. The summed E-state index contributed by atoms with van der Waals surface area (Å²) in [5, 5.41) is 11.7. The Morgan fingerprint density at radius 2 is 2.57 bits per heavy atom. The highest BCUT2D eigenvalue weighted by Gasteiger charge is 2.23. The van der Waals surface area contributed by atoms with E-state index in [1.54, 1.807) is 0 Å². The van der Waals surface area contributed by atoms with Crippen molar-refractivity contribution in [2.45, 2.75) is 25.4 Å². The maximum atomic E-state index is 9.14. The van der Waals surface area contributed by atoms with E-state index >= 15 is 0 Å². The zero-order valence-corrected chi connectivity index (χ0v) is 8.83. The molecule has 14 heavy (non-hydrogen) atoms. The number of aliphatic hydroxyl groups is 1. The number of hydrogen-bond donors (Lipinski definition) is 2. The maximum absolute atomic E-state index is 9.14. The van der Waals surface area contributed by atoms with Crippen LogP contribution in [0, 0.1) is 0 Å². The van der Waals surface area contributed by atoms with Gasteiger partial charge in [0.2, 0.25) is 0 Å². The van der Waals surface area contributed by atoms with Gasteiger partial charge in [0.05, 0.1) is 12.3 Å². The van der Waals surface area contributed by atoms with Crippen molar-refractivity contribution in [1.29, 1.82) is 0 Å². The molecule has 0 aromatic carbocycles. The Hall–Kier alpha value is -0.650. The minimum Gasteiger partial charge on any atom is -0.395 e. The molecule has 0 spiro atoms. The van der Waals surface area contributed by atoms with Gasteiger partial charge in [-0.15, -0.1) is 11.3 Å². The monoisotopic (exact) mass is 213 g/mol. The van der Waals surface area contributed by atoms with Crippen molar-refractivity contribution in [1.82, 2.24) is 9.88 Å². The Labute approximate surface area is 87.4 Å². The van der Waals surface area contributed by atoms with Gasteiger partial charge in [-0.2, -0.15) is 0 Å². The van der Waals surface area contributed by atoms with Gasteiger partial charge in [0.15, 0.2) is 5.13 Å². The van der Waals surface area contributed by atoms with Gasteiger partial charge in [-0.25, -0.2) is 4.98 Å². The number of likely N-dealkylation sites (tertiary alicyclic amines) is 1. The summed E-state index contributed by atoms with van der Waals surface area (Å²) in [6.45, 7) is 2.13. The molecule has 0 saturated carbocycles. The molecule has 1 aromatic heterocycles. The lowest BCUT2D eigenvalue weighted by Crippen LogP contribution is -2.31. The van der Waals surface area contributed by atoms with E-state index in [9.17, 15) is 0 Å². The van der Waals surface area contributed by atoms with Crippen molar-refractivity contribution in [3.8, 4) is 0 Å². The summed E-state index contributed by atoms with van der Waals surface area (Å²) in [4.78, 5) is 6.49. The molecule has 0 bridgehead atoms. The number of nitrogen functional groups attached to an aromatic ring is 1. The smallest absolute Gasteiger partial charge is 0.180 e. The third kappa shape index (κ3) is 2.05. The summed E-state index contributed by atoms with van der Waals surface area (Å²) < 4.78 is 0. The van der Waals surface area contributed by atoms with Crippen molar-refractivity contribution < 1.29 is 5.11 Å². The third-order valence-corrected chi connectivity index (χ3v) is 3.37. The minimum absolute atomic E-state index is 0.250. The third-order valence-electron chi connectivity index (χ3n) is 2.64. The molecule has 1 saturated heterocycles. The first-order chi connectivity index (χ1) is 6.79. The summed E-state index contributed by atoms with van der Waals surface area (Å²) in [5.74, 6) is 0. The van der Waals surface area contributed by atoms with Crippen molar-refractivity contribution in [2.75, 3.05) is 18.9 Å². The normalized spacial score (nSPS) is 23.1. The van der Waals surface area contributed by atoms with Crippen LogP contribution in [0.4, 0.5) is 5.13 Å². The number of aliphatic hydroxyl groups excluding tert-OH is 1. The summed E-state index contributed by atoms with van der Waals surface area (Å²) >= 11 is 1.47. The average Bonchev–Trinajstić information content (AvgIpc) is 2.76. The molecule has 0 aliphatic carbocycles. The van der Waals surface area contributed by atoms with Crippen LogP contribution in [0.2, 0.25) is 0 Å². The first-order valence-electron chi connectivity index (χ1n) is 4.84. The maximum Gasteiger partial charge on any atom is 0.180 e. The Balaban J connectivity index is 1.96. The van der Waals surface area contributed by atoms with E-state index in [1.807, 2.05) is 5.38 Å². The number of nitrogens with zero attached hydrogens (tertiary/aromatic N) is 2. The van der Waals surface area contributed by atoms with Gasteiger partial charge in [-0.05, 0) is 19.4 Å². The standard InChI is InChI=1S/C9H15N3OS/c10-9-11-7(6-14-9)4-12-3-1-2-8(12)5-13/h6,8,13H,1-5H2,(H2,10,11). The number of thiazole rings is 1. The largest absolute Gasteiger partial charge is 0.395 e. The van der Waals surface area contributed by atoms with E-state index in [0.29, 0.717) is 11.2 Å². The predicted molar refractivity (Wildman–Crippen MR) is 57.0 cm³/mol. The molecule has 1 aliphatic rings. The highest BCUT2D eigenvalue weighted by molar-refractivity contribution is 7.13. The van der Waals surface area contributed by atoms with Gasteiger partial charge in [0.1, 0.15) is 0 Å². The molecule has 78 valence electrons. The predicted octanol–water partition coefficient (Wildman–Crippen LogP) is 0.682. The molecule has 0 amide bonds. The van der Waals surface area contributed by atoms with Gasteiger partial charge >= 0.3 is 0 Å². The van der Waals surface area contributed by atoms with Crippen LogP contribution in [0.1, 0.15) is 18.5 Å². The van der Waals surface area contributed by atoms with Crippen LogP contribution in [0.25, 0.3) is 0 Å². The first kappa shape index (κ1) is 9.89. The molecule has 4 nitrogen and oxygen atoms in total. The summed E-state index contributed by atoms with van der Waals surface area (Å²) in [7, 11) is 0. The molecule has 2 heterocycles. The zero-order valence-electron chi connectivity index (χ0n) is 8.02. The minimum atomic E-state index is 0.250. The molecule has 1 aromatic rings. The molecule has 2 rings (SSSR count). The van der Waals surface area contributed by atoms with Crippen LogP contribution in [0.15, 0.2) is 5.38 Å². The fourth-order valence-corrected chi connectivity index (χ4v) is 2.47. The highest BCUT2D eigenvalue weighted by atomic mass is 32.1. The number of aromatic nitrogens is 1. The second-order valence-electron chi connectivity index (χ2n) is 3.63. The summed E-state index contributed by atoms with van der Waals surface area (Å²) in [5.41, 5.74) is 6.58. The van der Waals surface area contributed by atoms with Crippen LogP contribution < -0.4 is 5.73 Å². The van der Waals surface area contributed by atoms with Gasteiger partial charge in [-0.3, -0.25) is 4.90 Å². The summed E-state index contributed by atoms with van der Waals surface area (Å²) in [6, 6.07) is 0.318. The van der Waals surface area contributed by atoms with E-state index in [4.69, 9.17) is 10.8 Å². The van der Waals surface area contributed by atoms with E-state index < -0.39 is 0 Å². The zero-order chi connectivity index (χ0) is 9.97. The van der Waals surface area contributed by atoms with Crippen LogP contribution in [-0.4, -0.2) is 34.2 Å². The second-order valence-corrected chi connectivity index (χ2v) is 4.52. The van der Waals surface area contributed by atoms with E-state index in [0.717, 1.165) is 25.2 Å². The van der Waals surface area contributed by atoms with Crippen molar-refractivity contribution in [3.05, 3.63) is 11.1 Å². The first-order valence-corrected chi connectivity index (χ1v) is 5.72. The molecule has 0 radical (unpaired) electrons. The highest BCUT2D eigenvalue weighted by Crippen LogP contribution is 2.20. The van der Waals surface area contributed by atoms with Gasteiger partial charge in [0, 0.05) is 18.0 Å². The van der Waals surface area contributed by atoms with Crippen molar-refractivity contribution >= 4 is 16.5 Å². The van der Waals surface area contributed by atoms with Crippen LogP contribution >= 0.6 is 11.3 Å². The van der Waals surface area contributed by atoms with Gasteiger partial charge in [0.25, 0.3) is 0 Å². The topological polar surface area (TPSA) is 62.4 Å². The van der Waals surface area contributed by atoms with Crippen molar-refractivity contribution in [2.24, 2.45) is 0 Å². The fourth-order valence-electron chi connectivity index (χ4n) is 1.91. The Morgan fingerprint density at radius 1 is 1.71 bits per heavy atom. The number of hydrogen-bond acceptors (Lipinski definition) is 5. The lowest BCUT2D eigenvalue weighted by molar-refractivity contribution is 0.152. The fraction of sp³-hybridized carbons (Fsp3) is 0.667. The van der Waals surface area contributed by atoms with Crippen LogP contribution in [0.5, 0.6) is 0 Å². The van der Waals surface area contributed by atoms with Crippen LogP contribution in [-0.2, 0) is 6.54 Å². The lowest BCUT2D eigenvalue weighted by atomic mass is 10.2. The van der Waals surface area contributed by atoms with Gasteiger partial charge in [-0.1, -0.05) is 0 Å². The molecule has 1 fully saturated rings. The molecular weight excluding hydrogens is 198 g/mol. The lowest BCUT2D eigenvalue weighted by Gasteiger charge is -2.21. The second kappa shape index (κ2) is 4.25. The van der Waals surface area contributed by atoms with E-state index in [1.165, 1.54) is 17.8 Å². The molecule has 5 heteroatoms. The Kier molecular flexibility index (Phi) is 3.00. The average molecular weight is 213 g/mol. The Bertz CT molecular complexity index is 302.